The Morgan fingerprint density at radius 1 is 1.37 bits per heavy atom. The maximum Gasteiger partial charge on any atom is 0.371 e. The molecule has 19 heavy (non-hydrogen) atoms. The lowest BCUT2D eigenvalue weighted by molar-refractivity contribution is -0.0617. The summed E-state index contributed by atoms with van der Waals surface area (Å²) in [6.45, 7) is 1.47. The van der Waals surface area contributed by atoms with Gasteiger partial charge >= 0.3 is 5.97 Å². The van der Waals surface area contributed by atoms with Gasteiger partial charge in [-0.2, -0.15) is 0 Å². The summed E-state index contributed by atoms with van der Waals surface area (Å²) in [6, 6.07) is 3.19. The Bertz CT molecular complexity index is 484. The molecular weight excluding hydrogens is 246 g/mol. The van der Waals surface area contributed by atoms with E-state index in [9.17, 15) is 9.90 Å². The number of rotatable bonds is 2. The highest BCUT2D eigenvalue weighted by Crippen LogP contribution is 2.41. The zero-order chi connectivity index (χ0) is 13.5. The highest BCUT2D eigenvalue weighted by molar-refractivity contribution is 5.84. The Kier molecular flexibility index (Phi) is 3.01. The third-order valence-electron chi connectivity index (χ3n) is 4.54. The summed E-state index contributed by atoms with van der Waals surface area (Å²) in [6.07, 6.45) is 4.95. The number of fused-ring (bicyclic) bond motifs is 1. The summed E-state index contributed by atoms with van der Waals surface area (Å²) in [5, 5.41) is 19.5. The van der Waals surface area contributed by atoms with Gasteiger partial charge in [0.15, 0.2) is 5.88 Å². The van der Waals surface area contributed by atoms with Gasteiger partial charge in [0.1, 0.15) is 0 Å². The van der Waals surface area contributed by atoms with E-state index in [1.807, 2.05) is 0 Å². The first kappa shape index (κ1) is 12.5. The highest BCUT2D eigenvalue weighted by Gasteiger charge is 2.43. The van der Waals surface area contributed by atoms with E-state index in [4.69, 9.17) is 9.52 Å². The minimum absolute atomic E-state index is 0.0283. The van der Waals surface area contributed by atoms with Crippen LogP contribution in [0.3, 0.4) is 0 Å². The maximum atomic E-state index is 10.8. The van der Waals surface area contributed by atoms with E-state index in [0.717, 1.165) is 38.8 Å². The molecule has 2 aliphatic rings. The molecule has 5 nitrogen and oxygen atoms in total. The molecule has 5 heteroatoms. The van der Waals surface area contributed by atoms with Crippen molar-refractivity contribution in [2.45, 2.75) is 37.7 Å². The molecule has 1 aromatic heterocycles. The highest BCUT2D eigenvalue weighted by atomic mass is 16.4. The summed E-state index contributed by atoms with van der Waals surface area (Å²) in [5.41, 5.74) is -0.517. The van der Waals surface area contributed by atoms with Crippen molar-refractivity contribution in [3.63, 3.8) is 0 Å². The van der Waals surface area contributed by atoms with Gasteiger partial charge in [0.25, 0.3) is 0 Å². The van der Waals surface area contributed by atoms with E-state index >= 15 is 0 Å². The first-order valence-corrected chi connectivity index (χ1v) is 6.89. The van der Waals surface area contributed by atoms with E-state index in [1.54, 1.807) is 6.07 Å². The molecule has 2 heterocycles. The van der Waals surface area contributed by atoms with Crippen molar-refractivity contribution >= 4 is 11.9 Å². The number of aliphatic hydroxyl groups is 1. The Labute approximate surface area is 111 Å². The minimum atomic E-state index is -1.04. The molecule has 2 unspecified atom stereocenters. The van der Waals surface area contributed by atoms with Gasteiger partial charge in [-0.15, -0.1) is 0 Å². The summed E-state index contributed by atoms with van der Waals surface area (Å²) in [7, 11) is 0. The van der Waals surface area contributed by atoms with Crippen molar-refractivity contribution in [3.8, 4) is 0 Å². The second-order valence-electron chi connectivity index (χ2n) is 5.69. The molecule has 0 amide bonds. The number of nitrogens with zero attached hydrogens (tertiary/aromatic N) is 1. The van der Waals surface area contributed by atoms with Gasteiger partial charge in [0.05, 0.1) is 5.60 Å². The number of carboxylic acid groups (broad SMARTS) is 1. The fourth-order valence-corrected chi connectivity index (χ4v) is 3.38. The van der Waals surface area contributed by atoms with Crippen LogP contribution in [0.15, 0.2) is 16.5 Å². The van der Waals surface area contributed by atoms with E-state index in [-0.39, 0.29) is 11.7 Å². The number of carbonyl (C=O) groups is 1. The number of furan rings is 1. The van der Waals surface area contributed by atoms with Gasteiger partial charge in [0.2, 0.25) is 5.76 Å². The smallest absolute Gasteiger partial charge is 0.371 e. The van der Waals surface area contributed by atoms with Crippen LogP contribution in [0.4, 0.5) is 5.88 Å². The molecular formula is C14H19NO4. The van der Waals surface area contributed by atoms with Crippen LogP contribution in [0, 0.1) is 5.92 Å². The zero-order valence-corrected chi connectivity index (χ0v) is 10.8. The molecule has 2 atom stereocenters. The predicted molar refractivity (Wildman–Crippen MR) is 69.4 cm³/mol. The summed E-state index contributed by atoms with van der Waals surface area (Å²) in [5.74, 6) is -0.199. The lowest BCUT2D eigenvalue weighted by Gasteiger charge is -2.47. The maximum absolute atomic E-state index is 10.8. The molecule has 0 aromatic carbocycles. The quantitative estimate of drug-likeness (QED) is 0.856. The SMILES string of the molecule is O=C(O)c1ccc(N2CCC3(O)CCCCC3C2)o1. The fraction of sp³-hybridized carbons (Fsp3) is 0.643. The molecule has 1 aromatic rings. The fourth-order valence-electron chi connectivity index (χ4n) is 3.38. The van der Waals surface area contributed by atoms with Crippen molar-refractivity contribution in [1.82, 2.24) is 0 Å². The van der Waals surface area contributed by atoms with Crippen molar-refractivity contribution in [3.05, 3.63) is 17.9 Å². The standard InChI is InChI=1S/C14H19NO4/c16-13(17)11-4-5-12(19-11)15-8-7-14(18)6-2-1-3-10(14)9-15/h4-5,10,18H,1-3,6-9H2,(H,16,17). The summed E-state index contributed by atoms with van der Waals surface area (Å²) < 4.78 is 5.34. The van der Waals surface area contributed by atoms with Gasteiger partial charge < -0.3 is 19.5 Å². The lowest BCUT2D eigenvalue weighted by atomic mass is 9.71. The number of hydrogen-bond donors (Lipinski definition) is 2. The molecule has 2 fully saturated rings. The van der Waals surface area contributed by atoms with Crippen LogP contribution in [-0.2, 0) is 0 Å². The van der Waals surface area contributed by atoms with Gasteiger partial charge in [-0.3, -0.25) is 0 Å². The van der Waals surface area contributed by atoms with Crippen molar-refractivity contribution in [1.29, 1.82) is 0 Å². The van der Waals surface area contributed by atoms with E-state index < -0.39 is 11.6 Å². The number of hydrogen-bond acceptors (Lipinski definition) is 4. The molecule has 0 radical (unpaired) electrons. The van der Waals surface area contributed by atoms with Crippen LogP contribution in [0.1, 0.15) is 42.7 Å². The van der Waals surface area contributed by atoms with Crippen molar-refractivity contribution in [2.24, 2.45) is 5.92 Å². The molecule has 104 valence electrons. The lowest BCUT2D eigenvalue weighted by Crippen LogP contribution is -2.53. The van der Waals surface area contributed by atoms with Crippen LogP contribution in [0.25, 0.3) is 0 Å². The van der Waals surface area contributed by atoms with Crippen LogP contribution in [-0.4, -0.2) is 34.9 Å². The molecule has 2 N–H and O–H groups in total. The number of aromatic carboxylic acids is 1. The second-order valence-corrected chi connectivity index (χ2v) is 5.69. The van der Waals surface area contributed by atoms with Crippen LogP contribution in [0.2, 0.25) is 0 Å². The average molecular weight is 265 g/mol. The predicted octanol–water partition coefficient (Wildman–Crippen LogP) is 2.11. The monoisotopic (exact) mass is 265 g/mol. The Morgan fingerprint density at radius 2 is 2.21 bits per heavy atom. The second kappa shape index (κ2) is 4.56. The number of piperidine rings is 1. The molecule has 0 bridgehead atoms. The Hall–Kier alpha value is -1.49. The van der Waals surface area contributed by atoms with Gasteiger partial charge in [-0.05, 0) is 25.3 Å². The number of anilines is 1. The first-order valence-electron chi connectivity index (χ1n) is 6.89. The summed E-state index contributed by atoms with van der Waals surface area (Å²) >= 11 is 0. The average Bonchev–Trinajstić information content (AvgIpc) is 2.87. The first-order chi connectivity index (χ1) is 9.08. The van der Waals surface area contributed by atoms with E-state index in [2.05, 4.69) is 4.90 Å². The Morgan fingerprint density at radius 3 is 2.95 bits per heavy atom. The summed E-state index contributed by atoms with van der Waals surface area (Å²) in [4.78, 5) is 12.9. The number of carboxylic acids is 1. The van der Waals surface area contributed by atoms with Gasteiger partial charge in [-0.25, -0.2) is 4.79 Å². The molecule has 1 saturated carbocycles. The molecule has 3 rings (SSSR count). The molecule has 1 aliphatic carbocycles. The van der Waals surface area contributed by atoms with E-state index in [1.165, 1.54) is 12.5 Å². The molecule has 0 spiro atoms. The molecule has 1 aliphatic heterocycles. The van der Waals surface area contributed by atoms with Crippen LogP contribution >= 0.6 is 0 Å². The third kappa shape index (κ3) is 2.23. The van der Waals surface area contributed by atoms with E-state index in [0.29, 0.717) is 5.88 Å². The normalized spacial score (nSPS) is 31.0. The van der Waals surface area contributed by atoms with Crippen LogP contribution < -0.4 is 4.90 Å². The topological polar surface area (TPSA) is 73.9 Å². The molecule has 1 saturated heterocycles. The largest absolute Gasteiger partial charge is 0.475 e. The zero-order valence-electron chi connectivity index (χ0n) is 10.8. The van der Waals surface area contributed by atoms with Crippen molar-refractivity contribution < 1.29 is 19.4 Å². The minimum Gasteiger partial charge on any atom is -0.475 e. The van der Waals surface area contributed by atoms with Crippen molar-refractivity contribution in [2.75, 3.05) is 18.0 Å². The Balaban J connectivity index is 1.75. The van der Waals surface area contributed by atoms with Gasteiger partial charge in [0, 0.05) is 25.1 Å². The van der Waals surface area contributed by atoms with Crippen LogP contribution in [0.5, 0.6) is 0 Å². The van der Waals surface area contributed by atoms with Gasteiger partial charge in [-0.1, -0.05) is 12.8 Å². The third-order valence-corrected chi connectivity index (χ3v) is 4.54.